The van der Waals surface area contributed by atoms with E-state index in [9.17, 15) is 9.59 Å². The molecule has 2 aromatic rings. The lowest BCUT2D eigenvalue weighted by molar-refractivity contribution is 0.0666. The average molecular weight is 334 g/mol. The summed E-state index contributed by atoms with van der Waals surface area (Å²) < 4.78 is 0. The molecule has 0 radical (unpaired) electrons. The van der Waals surface area contributed by atoms with Crippen molar-refractivity contribution in [2.45, 2.75) is 38.0 Å². The number of carbonyl (C=O) groups is 2. The third-order valence-electron chi connectivity index (χ3n) is 5.31. The lowest BCUT2D eigenvalue weighted by Crippen LogP contribution is -2.34. The van der Waals surface area contributed by atoms with Gasteiger partial charge < -0.3 is 5.32 Å². The lowest BCUT2D eigenvalue weighted by atomic mass is 9.84. The predicted octanol–water partition coefficient (Wildman–Crippen LogP) is 4.40. The molecule has 128 valence electrons. The number of amides is 2. The Balaban J connectivity index is 1.40. The standard InChI is InChI=1S/C21H22N2O2/c24-20-18-8-4-5-9-19(18)21(25)23(20)14-22-17-12-10-16(11-13-17)15-6-2-1-3-7-15/h4-5,8-13,15,22H,1-3,6-7,14H2. The first-order valence-electron chi connectivity index (χ1n) is 9.03. The van der Waals surface area contributed by atoms with Crippen molar-refractivity contribution in [1.29, 1.82) is 0 Å². The van der Waals surface area contributed by atoms with E-state index < -0.39 is 0 Å². The van der Waals surface area contributed by atoms with E-state index in [4.69, 9.17) is 0 Å². The van der Waals surface area contributed by atoms with Crippen LogP contribution in [-0.2, 0) is 0 Å². The lowest BCUT2D eigenvalue weighted by Gasteiger charge is -2.22. The minimum Gasteiger partial charge on any atom is -0.367 e. The number of hydrogen-bond donors (Lipinski definition) is 1. The molecular formula is C21H22N2O2. The number of carbonyl (C=O) groups excluding carboxylic acids is 2. The van der Waals surface area contributed by atoms with Gasteiger partial charge in [0.05, 0.1) is 17.8 Å². The molecule has 0 unspecified atom stereocenters. The van der Waals surface area contributed by atoms with E-state index in [1.54, 1.807) is 24.3 Å². The SMILES string of the molecule is O=C1c2ccccc2C(=O)N1CNc1ccc(C2CCCCC2)cc1. The van der Waals surface area contributed by atoms with Crippen molar-refractivity contribution in [2.24, 2.45) is 0 Å². The van der Waals surface area contributed by atoms with Crippen LogP contribution in [0.25, 0.3) is 0 Å². The average Bonchev–Trinajstić information content (AvgIpc) is 2.92. The predicted molar refractivity (Wildman–Crippen MR) is 97.7 cm³/mol. The smallest absolute Gasteiger partial charge is 0.263 e. The molecule has 0 bridgehead atoms. The monoisotopic (exact) mass is 334 g/mol. The summed E-state index contributed by atoms with van der Waals surface area (Å²) in [5, 5.41) is 3.20. The van der Waals surface area contributed by atoms with E-state index in [0.29, 0.717) is 17.0 Å². The third-order valence-corrected chi connectivity index (χ3v) is 5.31. The van der Waals surface area contributed by atoms with E-state index in [2.05, 4.69) is 17.4 Å². The highest BCUT2D eigenvalue weighted by atomic mass is 16.2. The van der Waals surface area contributed by atoms with Crippen LogP contribution in [0.15, 0.2) is 48.5 Å². The molecule has 1 N–H and O–H groups in total. The van der Waals surface area contributed by atoms with Crippen LogP contribution < -0.4 is 5.32 Å². The molecule has 0 spiro atoms. The summed E-state index contributed by atoms with van der Waals surface area (Å²) >= 11 is 0. The van der Waals surface area contributed by atoms with Gasteiger partial charge in [0.15, 0.2) is 0 Å². The van der Waals surface area contributed by atoms with Crippen LogP contribution in [0, 0.1) is 0 Å². The van der Waals surface area contributed by atoms with Gasteiger partial charge in [-0.05, 0) is 48.6 Å². The summed E-state index contributed by atoms with van der Waals surface area (Å²) in [6.07, 6.45) is 6.56. The van der Waals surface area contributed by atoms with Gasteiger partial charge in [0.2, 0.25) is 0 Å². The molecule has 1 saturated carbocycles. The second-order valence-electron chi connectivity index (χ2n) is 6.88. The molecule has 1 aliphatic carbocycles. The molecule has 1 aliphatic heterocycles. The van der Waals surface area contributed by atoms with Crippen LogP contribution >= 0.6 is 0 Å². The summed E-state index contributed by atoms with van der Waals surface area (Å²) in [7, 11) is 0. The van der Waals surface area contributed by atoms with E-state index >= 15 is 0 Å². The van der Waals surface area contributed by atoms with Crippen LogP contribution in [0.3, 0.4) is 0 Å². The van der Waals surface area contributed by atoms with Crippen molar-refractivity contribution in [3.63, 3.8) is 0 Å². The topological polar surface area (TPSA) is 49.4 Å². The number of rotatable bonds is 4. The highest BCUT2D eigenvalue weighted by Crippen LogP contribution is 2.33. The van der Waals surface area contributed by atoms with Crippen molar-refractivity contribution in [1.82, 2.24) is 4.90 Å². The zero-order valence-electron chi connectivity index (χ0n) is 14.2. The molecule has 25 heavy (non-hydrogen) atoms. The molecule has 4 nitrogen and oxygen atoms in total. The second-order valence-corrected chi connectivity index (χ2v) is 6.88. The van der Waals surface area contributed by atoms with E-state index in [-0.39, 0.29) is 18.5 Å². The Hall–Kier alpha value is -2.62. The van der Waals surface area contributed by atoms with Gasteiger partial charge in [0, 0.05) is 5.69 Å². The molecule has 0 saturated heterocycles. The Labute approximate surface area is 147 Å². The number of imide groups is 1. The van der Waals surface area contributed by atoms with E-state index in [0.717, 1.165) is 5.69 Å². The van der Waals surface area contributed by atoms with Gasteiger partial charge in [-0.3, -0.25) is 14.5 Å². The molecule has 0 atom stereocenters. The van der Waals surface area contributed by atoms with Gasteiger partial charge in [-0.1, -0.05) is 43.5 Å². The minimum atomic E-state index is -0.230. The quantitative estimate of drug-likeness (QED) is 0.843. The number of nitrogens with one attached hydrogen (secondary N) is 1. The first kappa shape index (κ1) is 15.9. The highest BCUT2D eigenvalue weighted by molar-refractivity contribution is 6.21. The first-order valence-corrected chi connectivity index (χ1v) is 9.03. The fourth-order valence-corrected chi connectivity index (χ4v) is 3.86. The van der Waals surface area contributed by atoms with Crippen LogP contribution in [0.1, 0.15) is 64.3 Å². The van der Waals surface area contributed by atoms with Gasteiger partial charge in [-0.25, -0.2) is 0 Å². The highest BCUT2D eigenvalue weighted by Gasteiger charge is 2.34. The van der Waals surface area contributed by atoms with Gasteiger partial charge in [-0.2, -0.15) is 0 Å². The summed E-state index contributed by atoms with van der Waals surface area (Å²) in [4.78, 5) is 26.0. The van der Waals surface area contributed by atoms with Gasteiger partial charge in [0.25, 0.3) is 11.8 Å². The number of hydrogen-bond acceptors (Lipinski definition) is 3. The fraction of sp³-hybridized carbons (Fsp3) is 0.333. The molecule has 1 heterocycles. The largest absolute Gasteiger partial charge is 0.367 e. The molecular weight excluding hydrogens is 312 g/mol. The van der Waals surface area contributed by atoms with Crippen molar-refractivity contribution < 1.29 is 9.59 Å². The zero-order chi connectivity index (χ0) is 17.2. The summed E-state index contributed by atoms with van der Waals surface area (Å²) in [6.45, 7) is 0.190. The van der Waals surface area contributed by atoms with Crippen molar-refractivity contribution >= 4 is 17.5 Å². The summed E-state index contributed by atoms with van der Waals surface area (Å²) in [5.41, 5.74) is 3.30. The third kappa shape index (κ3) is 3.04. The fourth-order valence-electron chi connectivity index (χ4n) is 3.86. The summed E-state index contributed by atoms with van der Waals surface area (Å²) in [6, 6.07) is 15.4. The number of anilines is 1. The maximum atomic E-state index is 12.4. The van der Waals surface area contributed by atoms with Crippen molar-refractivity contribution in [3.8, 4) is 0 Å². The Morgan fingerprint density at radius 3 is 2.04 bits per heavy atom. The number of fused-ring (bicyclic) bond motifs is 1. The van der Waals surface area contributed by atoms with Gasteiger partial charge in [-0.15, -0.1) is 0 Å². The second kappa shape index (κ2) is 6.71. The van der Waals surface area contributed by atoms with Crippen molar-refractivity contribution in [3.05, 3.63) is 65.2 Å². The number of nitrogens with zero attached hydrogens (tertiary/aromatic N) is 1. The van der Waals surface area contributed by atoms with E-state index in [1.165, 1.54) is 42.6 Å². The van der Waals surface area contributed by atoms with Crippen molar-refractivity contribution in [2.75, 3.05) is 12.0 Å². The van der Waals surface area contributed by atoms with Crippen LogP contribution in [0.5, 0.6) is 0 Å². The van der Waals surface area contributed by atoms with E-state index in [1.807, 2.05) is 12.1 Å². The molecule has 0 aromatic heterocycles. The molecule has 1 fully saturated rings. The number of benzene rings is 2. The Bertz CT molecular complexity index is 757. The van der Waals surface area contributed by atoms with Gasteiger partial charge >= 0.3 is 0 Å². The molecule has 4 heteroatoms. The van der Waals surface area contributed by atoms with Gasteiger partial charge in [0.1, 0.15) is 0 Å². The molecule has 2 aromatic carbocycles. The molecule has 2 amide bonds. The zero-order valence-corrected chi connectivity index (χ0v) is 14.2. The normalized spacial score (nSPS) is 17.7. The summed E-state index contributed by atoms with van der Waals surface area (Å²) in [5.74, 6) is 0.220. The Morgan fingerprint density at radius 2 is 1.44 bits per heavy atom. The maximum absolute atomic E-state index is 12.4. The van der Waals surface area contributed by atoms with Crippen LogP contribution in [0.4, 0.5) is 5.69 Å². The maximum Gasteiger partial charge on any atom is 0.263 e. The van der Waals surface area contributed by atoms with Crippen LogP contribution in [-0.4, -0.2) is 23.4 Å². The molecule has 4 rings (SSSR count). The molecule has 2 aliphatic rings. The Morgan fingerprint density at radius 1 is 0.840 bits per heavy atom. The van der Waals surface area contributed by atoms with Crippen LogP contribution in [0.2, 0.25) is 0 Å². The first-order chi connectivity index (χ1) is 12.2. The Kier molecular flexibility index (Phi) is 4.26. The minimum absolute atomic E-state index is 0.190.